The third kappa shape index (κ3) is 22.7. The van der Waals surface area contributed by atoms with E-state index >= 15 is 0 Å². The van der Waals surface area contributed by atoms with Crippen LogP contribution in [0.25, 0.3) is 150 Å². The number of hydrogen-bond donors (Lipinski definition) is 0. The number of aryl methyl sites for hydroxylation is 4. The fraction of sp³-hybridized carbons (Fsp3) is 0.177. The molecule has 2 aliphatic rings. The van der Waals surface area contributed by atoms with E-state index in [-0.39, 0.29) is 106 Å². The molecule has 20 aromatic rings. The number of nitrogens with zero attached hydrogens (tertiary/aromatic N) is 15. The summed E-state index contributed by atoms with van der Waals surface area (Å²) in [6, 6.07) is 113. The molecular formula is C124H111N15Pt4. The maximum Gasteiger partial charge on any atom is 4.00 e. The minimum Gasteiger partial charge on any atom is -0.510 e. The molecule has 15 nitrogen and oxygen atoms in total. The van der Waals surface area contributed by atoms with Gasteiger partial charge in [0.15, 0.2) is 0 Å². The van der Waals surface area contributed by atoms with Crippen LogP contribution in [0.3, 0.4) is 0 Å². The van der Waals surface area contributed by atoms with Gasteiger partial charge < -0.3 is 28.7 Å². The summed E-state index contributed by atoms with van der Waals surface area (Å²) < 4.78 is 10.1. The van der Waals surface area contributed by atoms with Crippen LogP contribution >= 0.6 is 0 Å². The molecule has 0 spiro atoms. The maximum atomic E-state index is 4.77. The van der Waals surface area contributed by atoms with Crippen LogP contribution in [-0.4, -0.2) is 77.3 Å². The van der Waals surface area contributed by atoms with E-state index < -0.39 is 0 Å². The fourth-order valence-electron chi connectivity index (χ4n) is 17.7. The van der Waals surface area contributed by atoms with Crippen LogP contribution in [0.4, 0.5) is 11.4 Å². The average Bonchev–Trinajstić information content (AvgIpc) is 1.77. The predicted molar refractivity (Wildman–Crippen MR) is 569 cm³/mol. The van der Waals surface area contributed by atoms with Crippen molar-refractivity contribution in [3.05, 3.63) is 442 Å². The van der Waals surface area contributed by atoms with Crippen LogP contribution in [0, 0.1) is 89.6 Å². The van der Waals surface area contributed by atoms with Crippen molar-refractivity contribution in [2.24, 2.45) is 0 Å². The molecule has 0 fully saturated rings. The van der Waals surface area contributed by atoms with Gasteiger partial charge in [-0.25, -0.2) is 0 Å². The van der Waals surface area contributed by atoms with Gasteiger partial charge in [-0.1, -0.05) is 237 Å². The first-order valence-electron chi connectivity index (χ1n) is 47.2. The van der Waals surface area contributed by atoms with Crippen LogP contribution in [0.15, 0.2) is 336 Å². The van der Waals surface area contributed by atoms with E-state index in [0.29, 0.717) is 0 Å². The molecule has 8 heterocycles. The van der Waals surface area contributed by atoms with Crippen molar-refractivity contribution in [1.29, 1.82) is 0 Å². The first-order valence-corrected chi connectivity index (χ1v) is 47.2. The molecule has 0 radical (unpaired) electrons. The van der Waals surface area contributed by atoms with Crippen molar-refractivity contribution in [1.82, 2.24) is 63.2 Å². The summed E-state index contributed by atoms with van der Waals surface area (Å²) in [5, 5.41) is 22.6. The van der Waals surface area contributed by atoms with Gasteiger partial charge in [0.2, 0.25) is 0 Å². The number of aromatic nitrogens is 11. The molecule has 22 rings (SSSR count). The first kappa shape index (κ1) is 104. The predicted octanol–water partition coefficient (Wildman–Crippen LogP) is 28.9. The number of rotatable bonds is 14. The molecule has 19 heteroatoms. The number of anilines is 2. The normalized spacial score (nSPS) is 12.4. The monoisotopic (exact) mass is 2590 g/mol. The SMILES string of the molecule is CC(C)(C)c1ccnc(-c2[c-]c(-c3cccc4ccc(-n5cc(C(C)(C)C)cn5)[c-]c34)ccc2)c1.CC(C)(C)c1cnn(-c2[c-]c(-c3cccc4ccc(-n5cc(C(C)(C)C)cn5)[c-]c34)ccc2)c1.CN1C=CN(c2[c-]c(-c3cccc4ccc(N5C=CN(C)[CH-]5)[c-]c34)ccc2)[CH-]1.Cc1cccc(C)c1-n1ccnc1-c1[c-]c(-c2cccc3ccc(-c4nccn4-c4c(C)cccc4C)[c-]c23)ccc1.[Pt+2].[Pt+2].[Pt+2].[Pt+4]. The molecule has 722 valence electrons. The first-order chi connectivity index (χ1) is 66.8. The zero-order valence-electron chi connectivity index (χ0n) is 83.4. The molecule has 0 N–H and O–H groups in total. The minimum atomic E-state index is 0. The van der Waals surface area contributed by atoms with Crippen molar-refractivity contribution in [2.45, 2.75) is 132 Å². The van der Waals surface area contributed by atoms with E-state index in [0.717, 1.165) is 156 Å². The van der Waals surface area contributed by atoms with Crippen LogP contribution in [0.2, 0.25) is 0 Å². The average molecular weight is 2590 g/mol. The molecule has 14 aromatic carbocycles. The zero-order chi connectivity index (χ0) is 96.8. The number of hydrogen-bond acceptors (Lipinski definition) is 10. The standard InChI is InChI=1S/C38H30N4.C32H31N3.C30H30N4.C24H20N4.4Pt/c1-25-9-5-10-26(2)35(25)41-21-19-39-37(41)31-15-7-14-30(23-31)33-16-8-13-29-17-18-32(24-34(29)33)38-40-20-22-42(38)36-27(3)11-6-12-28(36)4;1-31(2,3)25-15-16-33-30(18-25)24-11-7-10-23(17-24)28-12-8-9-22-13-14-27(19-29(22)28)35-21-26(20-34-35)32(4,5)6;1-29(2,3)23-17-31-33(19-23)25-11-7-10-22(15-25)27-12-8-9-21-13-14-26(16-28(21)27)34-20-24(18-32-34)30(4,5)6;1-25-11-13-27(17-25)21-7-3-6-20(15-21)23-8-4-5-19-9-10-22(16-24(19)23)28-14-12-26(2)18-28;;;;/h5-22H,1-4H3;7-16,18,20-21H,1-6H3;7-14,17-20H,1-6H3;3-14,17-18H,1-2H3;;;;/q3*-2;-4;3*+2;+4. The minimum absolute atomic E-state index is 0. The summed E-state index contributed by atoms with van der Waals surface area (Å²) in [5.74, 6) is 1.74. The third-order valence-electron chi connectivity index (χ3n) is 25.6. The molecule has 0 unspecified atom stereocenters. The Morgan fingerprint density at radius 1 is 0.280 bits per heavy atom. The Bertz CT molecular complexity index is 7990. The van der Waals surface area contributed by atoms with E-state index in [9.17, 15) is 0 Å². The van der Waals surface area contributed by atoms with Gasteiger partial charge in [0.1, 0.15) is 0 Å². The summed E-state index contributed by atoms with van der Waals surface area (Å²) in [4.78, 5) is 22.4. The van der Waals surface area contributed by atoms with E-state index in [1.165, 1.54) is 49.9 Å². The Kier molecular flexibility index (Phi) is 31.7. The third-order valence-corrected chi connectivity index (χ3v) is 25.6. The van der Waals surface area contributed by atoms with Crippen LogP contribution in [0.5, 0.6) is 0 Å². The molecule has 0 saturated carbocycles. The second kappa shape index (κ2) is 43.5. The fourth-order valence-corrected chi connectivity index (χ4v) is 17.7. The Labute approximate surface area is 899 Å². The summed E-state index contributed by atoms with van der Waals surface area (Å²) >= 11 is 0. The Hall–Kier alpha value is -13.2. The number of para-hydroxylation sites is 2. The Balaban J connectivity index is 0.000000144. The van der Waals surface area contributed by atoms with Gasteiger partial charge in [0.25, 0.3) is 0 Å². The number of fused-ring (bicyclic) bond motifs is 4. The Morgan fingerprint density at radius 3 is 0.993 bits per heavy atom. The molecule has 2 aliphatic heterocycles. The summed E-state index contributed by atoms with van der Waals surface area (Å²) in [5.41, 5.74) is 29.4. The van der Waals surface area contributed by atoms with Crippen LogP contribution < -0.4 is 9.80 Å². The van der Waals surface area contributed by atoms with E-state index in [4.69, 9.17) is 9.97 Å². The topological polar surface area (TPSA) is 115 Å². The molecule has 0 atom stereocenters. The summed E-state index contributed by atoms with van der Waals surface area (Å²) in [6.45, 7) is 39.1. The molecule has 0 aliphatic carbocycles. The van der Waals surface area contributed by atoms with Crippen molar-refractivity contribution in [2.75, 3.05) is 23.9 Å². The van der Waals surface area contributed by atoms with Crippen molar-refractivity contribution >= 4 is 54.5 Å². The molecular weight excluding hydrogens is 2480 g/mol. The van der Waals surface area contributed by atoms with E-state index in [1.807, 2.05) is 132 Å². The molecule has 143 heavy (non-hydrogen) atoms. The van der Waals surface area contributed by atoms with Gasteiger partial charge in [-0.2, -0.15) is 28.6 Å². The van der Waals surface area contributed by atoms with Crippen molar-refractivity contribution in [3.63, 3.8) is 0 Å². The number of imidazole rings is 2. The van der Waals surface area contributed by atoms with Crippen molar-refractivity contribution in [3.8, 4) is 107 Å². The van der Waals surface area contributed by atoms with Gasteiger partial charge in [-0.3, -0.25) is 29.0 Å². The Morgan fingerprint density at radius 2 is 0.594 bits per heavy atom. The quantitative estimate of drug-likeness (QED) is 0.0975. The van der Waals surface area contributed by atoms with Gasteiger partial charge >= 0.3 is 84.3 Å². The summed E-state index contributed by atoms with van der Waals surface area (Å²) in [6.07, 6.45) is 29.9. The molecule has 6 aromatic heterocycles. The molecule has 0 saturated heterocycles. The number of pyridine rings is 1. The van der Waals surface area contributed by atoms with Crippen LogP contribution in [-0.2, 0) is 106 Å². The molecule has 0 bridgehead atoms. The van der Waals surface area contributed by atoms with Gasteiger partial charge in [0.05, 0.1) is 30.2 Å². The largest absolute Gasteiger partial charge is 4.00 e. The number of benzene rings is 14. The van der Waals surface area contributed by atoms with Gasteiger partial charge in [-0.15, -0.1) is 247 Å². The van der Waals surface area contributed by atoms with Crippen LogP contribution in [0.1, 0.15) is 128 Å². The zero-order valence-corrected chi connectivity index (χ0v) is 92.5. The summed E-state index contributed by atoms with van der Waals surface area (Å²) in [7, 11) is 4.04. The second-order valence-electron chi connectivity index (χ2n) is 40.0. The van der Waals surface area contributed by atoms with E-state index in [2.05, 4.69) is 454 Å². The maximum absolute atomic E-state index is 4.77. The molecule has 0 amide bonds. The van der Waals surface area contributed by atoms with Gasteiger partial charge in [-0.05, 0) is 156 Å². The smallest absolute Gasteiger partial charge is 0.510 e. The van der Waals surface area contributed by atoms with Crippen molar-refractivity contribution < 1.29 is 84.3 Å². The van der Waals surface area contributed by atoms with Gasteiger partial charge in [0, 0.05) is 66.6 Å². The second-order valence-corrected chi connectivity index (χ2v) is 40.0. The van der Waals surface area contributed by atoms with E-state index in [1.54, 1.807) is 0 Å².